The Morgan fingerprint density at radius 3 is 2.87 bits per heavy atom. The molecule has 1 aromatic heterocycles. The maximum atomic E-state index is 12.4. The number of hydrogen-bond acceptors (Lipinski definition) is 4. The molecular formula is C18H20ClNO2S. The largest absolute Gasteiger partial charge is 0.468 e. The summed E-state index contributed by atoms with van der Waals surface area (Å²) in [5.74, 6) is -0.245. The van der Waals surface area contributed by atoms with Crippen LogP contribution in [0.4, 0.5) is 0 Å². The molecule has 2 aromatic rings. The zero-order valence-electron chi connectivity index (χ0n) is 13.1. The van der Waals surface area contributed by atoms with Gasteiger partial charge in [0.1, 0.15) is 6.04 Å². The lowest BCUT2D eigenvalue weighted by Crippen LogP contribution is -2.38. The SMILES string of the molecule is COC(=O)[C@H](c1ccccc1Cl)N1CCCc2ccsc2CC1. The molecule has 0 fully saturated rings. The van der Waals surface area contributed by atoms with Gasteiger partial charge in [0.25, 0.3) is 0 Å². The molecule has 0 radical (unpaired) electrons. The molecule has 122 valence electrons. The summed E-state index contributed by atoms with van der Waals surface area (Å²) in [6.07, 6.45) is 3.05. The van der Waals surface area contributed by atoms with Crippen LogP contribution in [-0.4, -0.2) is 31.1 Å². The standard InChI is InChI=1S/C18H20ClNO2S/c1-22-18(21)17(14-6-2-3-7-15(14)19)20-10-4-5-13-9-12-23-16(13)8-11-20/h2-3,6-7,9,12,17H,4-5,8,10-11H2,1H3/t17-/m0/s1. The van der Waals surface area contributed by atoms with Gasteiger partial charge in [-0.25, -0.2) is 4.79 Å². The molecule has 1 aliphatic rings. The van der Waals surface area contributed by atoms with E-state index in [2.05, 4.69) is 16.3 Å². The molecule has 0 spiro atoms. The predicted molar refractivity (Wildman–Crippen MR) is 94.1 cm³/mol. The summed E-state index contributed by atoms with van der Waals surface area (Å²) in [5.41, 5.74) is 2.29. The first-order valence-corrected chi connectivity index (χ1v) is 9.08. The minimum absolute atomic E-state index is 0.245. The zero-order chi connectivity index (χ0) is 16.2. The van der Waals surface area contributed by atoms with E-state index >= 15 is 0 Å². The number of carbonyl (C=O) groups excluding carboxylic acids is 1. The second-order valence-electron chi connectivity index (χ2n) is 5.71. The molecule has 0 aliphatic carbocycles. The quantitative estimate of drug-likeness (QED) is 0.781. The topological polar surface area (TPSA) is 29.5 Å². The molecule has 3 rings (SSSR count). The van der Waals surface area contributed by atoms with Gasteiger partial charge in [0.05, 0.1) is 7.11 Å². The number of halogens is 1. The molecule has 0 bridgehead atoms. The van der Waals surface area contributed by atoms with Crippen LogP contribution >= 0.6 is 22.9 Å². The molecule has 1 atom stereocenters. The van der Waals surface area contributed by atoms with Crippen molar-refractivity contribution < 1.29 is 9.53 Å². The Hall–Kier alpha value is -1.36. The van der Waals surface area contributed by atoms with Crippen molar-refractivity contribution in [3.63, 3.8) is 0 Å². The third kappa shape index (κ3) is 3.60. The Kier molecular flexibility index (Phi) is 5.36. The first-order chi connectivity index (χ1) is 11.2. The minimum Gasteiger partial charge on any atom is -0.468 e. The maximum absolute atomic E-state index is 12.4. The molecule has 5 heteroatoms. The average Bonchev–Trinajstić information content (AvgIpc) is 2.97. The number of rotatable bonds is 3. The summed E-state index contributed by atoms with van der Waals surface area (Å²) >= 11 is 8.15. The van der Waals surface area contributed by atoms with Crippen LogP contribution < -0.4 is 0 Å². The number of ether oxygens (including phenoxy) is 1. The van der Waals surface area contributed by atoms with E-state index in [0.717, 1.165) is 37.9 Å². The number of aryl methyl sites for hydroxylation is 1. The molecule has 0 unspecified atom stereocenters. The zero-order valence-corrected chi connectivity index (χ0v) is 14.7. The highest BCUT2D eigenvalue weighted by atomic mass is 35.5. The van der Waals surface area contributed by atoms with E-state index in [4.69, 9.17) is 16.3 Å². The van der Waals surface area contributed by atoms with E-state index in [1.807, 2.05) is 24.3 Å². The Labute approximate surface area is 145 Å². The van der Waals surface area contributed by atoms with Crippen LogP contribution in [0.2, 0.25) is 5.02 Å². The molecule has 0 N–H and O–H groups in total. The summed E-state index contributed by atoms with van der Waals surface area (Å²) < 4.78 is 5.06. The smallest absolute Gasteiger partial charge is 0.327 e. The Morgan fingerprint density at radius 1 is 1.26 bits per heavy atom. The number of methoxy groups -OCH3 is 1. The van der Waals surface area contributed by atoms with Crippen LogP contribution in [0.3, 0.4) is 0 Å². The van der Waals surface area contributed by atoms with Crippen LogP contribution in [0, 0.1) is 0 Å². The number of esters is 1. The molecule has 0 saturated carbocycles. The molecule has 23 heavy (non-hydrogen) atoms. The monoisotopic (exact) mass is 349 g/mol. The molecule has 3 nitrogen and oxygen atoms in total. The van der Waals surface area contributed by atoms with Gasteiger partial charge < -0.3 is 4.74 Å². The summed E-state index contributed by atoms with van der Waals surface area (Å²) in [4.78, 5) is 16.1. The number of nitrogens with zero attached hydrogens (tertiary/aromatic N) is 1. The van der Waals surface area contributed by atoms with E-state index in [1.165, 1.54) is 17.6 Å². The fourth-order valence-corrected chi connectivity index (χ4v) is 4.34. The van der Waals surface area contributed by atoms with Crippen molar-refractivity contribution in [1.82, 2.24) is 4.90 Å². The van der Waals surface area contributed by atoms with Crippen LogP contribution in [-0.2, 0) is 22.4 Å². The third-order valence-corrected chi connectivity index (χ3v) is 5.71. The highest BCUT2D eigenvalue weighted by molar-refractivity contribution is 7.10. The van der Waals surface area contributed by atoms with E-state index in [9.17, 15) is 4.79 Å². The van der Waals surface area contributed by atoms with Gasteiger partial charge in [-0.3, -0.25) is 4.90 Å². The summed E-state index contributed by atoms with van der Waals surface area (Å²) in [5, 5.41) is 2.77. The van der Waals surface area contributed by atoms with E-state index in [0.29, 0.717) is 5.02 Å². The Morgan fingerprint density at radius 2 is 2.09 bits per heavy atom. The number of thiophene rings is 1. The van der Waals surface area contributed by atoms with Gasteiger partial charge in [0.15, 0.2) is 0 Å². The minimum atomic E-state index is -0.435. The van der Waals surface area contributed by atoms with Gasteiger partial charge in [-0.1, -0.05) is 29.8 Å². The van der Waals surface area contributed by atoms with Gasteiger partial charge in [-0.15, -0.1) is 11.3 Å². The van der Waals surface area contributed by atoms with Crippen LogP contribution in [0.5, 0.6) is 0 Å². The maximum Gasteiger partial charge on any atom is 0.327 e. The Bertz CT molecular complexity index is 685. The average molecular weight is 350 g/mol. The van der Waals surface area contributed by atoms with Crippen LogP contribution in [0.25, 0.3) is 0 Å². The van der Waals surface area contributed by atoms with Gasteiger partial charge in [-0.05, 0) is 54.4 Å². The lowest BCUT2D eigenvalue weighted by Gasteiger charge is -2.31. The second kappa shape index (κ2) is 7.47. The number of fused-ring (bicyclic) bond motifs is 1. The van der Waals surface area contributed by atoms with E-state index in [1.54, 1.807) is 11.3 Å². The Balaban J connectivity index is 1.88. The summed E-state index contributed by atoms with van der Waals surface area (Å²) in [7, 11) is 1.44. The fourth-order valence-electron chi connectivity index (χ4n) is 3.18. The van der Waals surface area contributed by atoms with Gasteiger partial charge in [0, 0.05) is 16.4 Å². The number of hydrogen-bond donors (Lipinski definition) is 0. The number of carbonyl (C=O) groups is 1. The fraction of sp³-hybridized carbons (Fsp3) is 0.389. The van der Waals surface area contributed by atoms with Gasteiger partial charge >= 0.3 is 5.97 Å². The molecule has 2 heterocycles. The highest BCUT2D eigenvalue weighted by Gasteiger charge is 2.30. The first-order valence-electron chi connectivity index (χ1n) is 7.82. The van der Waals surface area contributed by atoms with E-state index < -0.39 is 6.04 Å². The normalized spacial score (nSPS) is 17.0. The molecule has 1 aliphatic heterocycles. The van der Waals surface area contributed by atoms with Gasteiger partial charge in [0.2, 0.25) is 0 Å². The van der Waals surface area contributed by atoms with Crippen LogP contribution in [0.15, 0.2) is 35.7 Å². The van der Waals surface area contributed by atoms with Crippen molar-refractivity contribution in [3.05, 3.63) is 56.7 Å². The van der Waals surface area contributed by atoms with Crippen LogP contribution in [0.1, 0.15) is 28.5 Å². The van der Waals surface area contributed by atoms with E-state index in [-0.39, 0.29) is 5.97 Å². The summed E-state index contributed by atoms with van der Waals surface area (Å²) in [6.45, 7) is 1.69. The van der Waals surface area contributed by atoms with Crippen molar-refractivity contribution >= 4 is 28.9 Å². The molecule has 1 aromatic carbocycles. The number of benzene rings is 1. The molecular weight excluding hydrogens is 330 g/mol. The van der Waals surface area contributed by atoms with Crippen molar-refractivity contribution in [3.8, 4) is 0 Å². The van der Waals surface area contributed by atoms with Crippen molar-refractivity contribution in [2.75, 3.05) is 20.2 Å². The lowest BCUT2D eigenvalue weighted by atomic mass is 10.0. The van der Waals surface area contributed by atoms with Gasteiger partial charge in [-0.2, -0.15) is 0 Å². The predicted octanol–water partition coefficient (Wildman–Crippen LogP) is 4.11. The molecule has 0 saturated heterocycles. The van der Waals surface area contributed by atoms with Crippen molar-refractivity contribution in [2.24, 2.45) is 0 Å². The highest BCUT2D eigenvalue weighted by Crippen LogP contribution is 2.31. The summed E-state index contributed by atoms with van der Waals surface area (Å²) in [6, 6.07) is 9.33. The third-order valence-electron chi connectivity index (χ3n) is 4.34. The lowest BCUT2D eigenvalue weighted by molar-refractivity contribution is -0.147. The second-order valence-corrected chi connectivity index (χ2v) is 7.11. The first kappa shape index (κ1) is 16.5. The molecule has 0 amide bonds. The van der Waals surface area contributed by atoms with Crippen molar-refractivity contribution in [1.29, 1.82) is 0 Å². The van der Waals surface area contributed by atoms with Crippen molar-refractivity contribution in [2.45, 2.75) is 25.3 Å².